The Bertz CT molecular complexity index is 591. The first-order valence-corrected chi connectivity index (χ1v) is 7.83. The Morgan fingerprint density at radius 2 is 1.86 bits per heavy atom. The van der Waals surface area contributed by atoms with Crippen molar-refractivity contribution in [3.63, 3.8) is 0 Å². The molecule has 1 heterocycles. The molecule has 0 fully saturated rings. The summed E-state index contributed by atoms with van der Waals surface area (Å²) in [5, 5.41) is 3.58. The van der Waals surface area contributed by atoms with Crippen LogP contribution in [-0.2, 0) is 6.42 Å². The Hall–Kier alpha value is -1.96. The normalized spacial score (nSPS) is 20.5. The molecule has 2 nitrogen and oxygen atoms in total. The number of para-hydroxylation sites is 1. The van der Waals surface area contributed by atoms with E-state index in [9.17, 15) is 0 Å². The lowest BCUT2D eigenvalue weighted by atomic mass is 9.83. The zero-order chi connectivity index (χ0) is 14.7. The Kier molecular flexibility index (Phi) is 4.14. The van der Waals surface area contributed by atoms with Crippen molar-refractivity contribution in [2.45, 2.75) is 38.6 Å². The van der Waals surface area contributed by atoms with E-state index < -0.39 is 0 Å². The molecule has 0 radical (unpaired) electrons. The summed E-state index contributed by atoms with van der Waals surface area (Å²) in [4.78, 5) is 0. The molecule has 0 aliphatic carbocycles. The fourth-order valence-corrected chi connectivity index (χ4v) is 3.23. The van der Waals surface area contributed by atoms with E-state index in [4.69, 9.17) is 4.74 Å². The highest BCUT2D eigenvalue weighted by Crippen LogP contribution is 2.36. The van der Waals surface area contributed by atoms with Gasteiger partial charge in [-0.05, 0) is 61.9 Å². The van der Waals surface area contributed by atoms with Crippen molar-refractivity contribution in [2.24, 2.45) is 0 Å². The molecule has 2 atom stereocenters. The summed E-state index contributed by atoms with van der Waals surface area (Å²) in [6, 6.07) is 17.8. The van der Waals surface area contributed by atoms with E-state index in [-0.39, 0.29) is 0 Å². The van der Waals surface area contributed by atoms with Gasteiger partial charge in [-0.15, -0.1) is 0 Å². The molecular formula is C19H23NO. The summed E-state index contributed by atoms with van der Waals surface area (Å²) in [6.45, 7) is 5.00. The molecule has 21 heavy (non-hydrogen) atoms. The first kappa shape index (κ1) is 14.0. The van der Waals surface area contributed by atoms with E-state index >= 15 is 0 Å². The lowest BCUT2D eigenvalue weighted by Gasteiger charge is -2.31. The molecule has 110 valence electrons. The third-order valence-electron chi connectivity index (χ3n) is 4.16. The highest BCUT2D eigenvalue weighted by atomic mass is 16.5. The fourth-order valence-electron chi connectivity index (χ4n) is 3.23. The van der Waals surface area contributed by atoms with Crippen LogP contribution in [0.2, 0.25) is 0 Å². The van der Waals surface area contributed by atoms with Gasteiger partial charge in [0.05, 0.1) is 6.61 Å². The van der Waals surface area contributed by atoms with Gasteiger partial charge in [0, 0.05) is 11.7 Å². The quantitative estimate of drug-likeness (QED) is 0.883. The Morgan fingerprint density at radius 3 is 2.62 bits per heavy atom. The number of benzene rings is 2. The lowest BCUT2D eigenvalue weighted by molar-refractivity contribution is 0.340. The van der Waals surface area contributed by atoms with Gasteiger partial charge in [-0.25, -0.2) is 0 Å². The van der Waals surface area contributed by atoms with Gasteiger partial charge in [0.1, 0.15) is 5.75 Å². The summed E-state index contributed by atoms with van der Waals surface area (Å²) in [6.07, 6.45) is 2.28. The van der Waals surface area contributed by atoms with Gasteiger partial charge in [0.25, 0.3) is 0 Å². The van der Waals surface area contributed by atoms with Crippen molar-refractivity contribution in [3.8, 4) is 5.75 Å². The third kappa shape index (κ3) is 3.21. The molecule has 1 N–H and O–H groups in total. The number of hydrogen-bond acceptors (Lipinski definition) is 2. The molecule has 0 saturated carbocycles. The van der Waals surface area contributed by atoms with Crippen molar-refractivity contribution in [1.29, 1.82) is 0 Å². The Balaban J connectivity index is 1.78. The minimum atomic E-state index is 0.535. The minimum Gasteiger partial charge on any atom is -0.494 e. The smallest absolute Gasteiger partial charge is 0.119 e. The van der Waals surface area contributed by atoms with Crippen LogP contribution in [0.1, 0.15) is 37.3 Å². The van der Waals surface area contributed by atoms with Crippen molar-refractivity contribution in [3.05, 3.63) is 59.7 Å². The van der Waals surface area contributed by atoms with Crippen LogP contribution in [0.15, 0.2) is 48.5 Å². The summed E-state index contributed by atoms with van der Waals surface area (Å²) in [7, 11) is 0. The van der Waals surface area contributed by atoms with Crippen molar-refractivity contribution in [2.75, 3.05) is 11.9 Å². The van der Waals surface area contributed by atoms with Crippen molar-refractivity contribution >= 4 is 5.69 Å². The molecule has 0 saturated heterocycles. The number of ether oxygens (including phenoxy) is 1. The van der Waals surface area contributed by atoms with E-state index in [1.165, 1.54) is 23.2 Å². The minimum absolute atomic E-state index is 0.535. The predicted octanol–water partition coefficient (Wildman–Crippen LogP) is 4.62. The highest BCUT2D eigenvalue weighted by Gasteiger charge is 2.23. The van der Waals surface area contributed by atoms with Gasteiger partial charge in [-0.1, -0.05) is 30.3 Å². The van der Waals surface area contributed by atoms with Crippen LogP contribution in [0, 0.1) is 0 Å². The highest BCUT2D eigenvalue weighted by molar-refractivity contribution is 5.56. The number of nitrogens with one attached hydrogen (secondary N) is 1. The van der Waals surface area contributed by atoms with E-state index in [1.807, 2.05) is 6.92 Å². The van der Waals surface area contributed by atoms with Crippen LogP contribution in [0.3, 0.4) is 0 Å². The van der Waals surface area contributed by atoms with Crippen molar-refractivity contribution in [1.82, 2.24) is 0 Å². The summed E-state index contributed by atoms with van der Waals surface area (Å²) >= 11 is 0. The number of hydrogen-bond donors (Lipinski definition) is 1. The van der Waals surface area contributed by atoms with Crippen LogP contribution in [0.4, 0.5) is 5.69 Å². The van der Waals surface area contributed by atoms with Crippen molar-refractivity contribution < 1.29 is 4.74 Å². The molecule has 3 rings (SSSR count). The maximum atomic E-state index is 5.51. The second kappa shape index (κ2) is 6.21. The standard InChI is InChI=1S/C19H23NO/c1-3-21-17-10-8-15(9-11-17)13-16-12-14(2)20-19-7-5-4-6-18(16)19/h4-11,14,16,20H,3,12-13H2,1-2H3. The zero-order valence-corrected chi connectivity index (χ0v) is 12.8. The van der Waals surface area contributed by atoms with E-state index in [0.29, 0.717) is 12.0 Å². The topological polar surface area (TPSA) is 21.3 Å². The Labute approximate surface area is 127 Å². The number of anilines is 1. The maximum absolute atomic E-state index is 5.51. The van der Waals surface area contributed by atoms with E-state index in [2.05, 4.69) is 60.8 Å². The molecule has 2 aromatic rings. The maximum Gasteiger partial charge on any atom is 0.119 e. The van der Waals surface area contributed by atoms with Gasteiger partial charge in [0.2, 0.25) is 0 Å². The van der Waals surface area contributed by atoms with E-state index in [1.54, 1.807) is 0 Å². The van der Waals surface area contributed by atoms with Crippen LogP contribution in [0.5, 0.6) is 5.75 Å². The lowest BCUT2D eigenvalue weighted by Crippen LogP contribution is -2.26. The molecule has 2 unspecified atom stereocenters. The zero-order valence-electron chi connectivity index (χ0n) is 12.8. The monoisotopic (exact) mass is 281 g/mol. The van der Waals surface area contributed by atoms with Gasteiger partial charge in [0.15, 0.2) is 0 Å². The van der Waals surface area contributed by atoms with Crippen LogP contribution in [0.25, 0.3) is 0 Å². The average molecular weight is 281 g/mol. The van der Waals surface area contributed by atoms with Crippen LogP contribution < -0.4 is 10.1 Å². The molecule has 1 aliphatic rings. The molecule has 1 aliphatic heterocycles. The Morgan fingerprint density at radius 1 is 1.10 bits per heavy atom. The summed E-state index contributed by atoms with van der Waals surface area (Å²) < 4.78 is 5.51. The fraction of sp³-hybridized carbons (Fsp3) is 0.368. The number of fused-ring (bicyclic) bond motifs is 1. The van der Waals surface area contributed by atoms with Gasteiger partial charge in [-0.2, -0.15) is 0 Å². The first-order valence-electron chi connectivity index (χ1n) is 7.83. The molecule has 0 spiro atoms. The van der Waals surface area contributed by atoms with Crippen LogP contribution >= 0.6 is 0 Å². The second-order valence-electron chi connectivity index (χ2n) is 5.85. The summed E-state index contributed by atoms with van der Waals surface area (Å²) in [5.74, 6) is 1.55. The predicted molar refractivity (Wildman–Crippen MR) is 88.2 cm³/mol. The molecule has 0 amide bonds. The molecule has 0 bridgehead atoms. The van der Waals surface area contributed by atoms with Crippen LogP contribution in [-0.4, -0.2) is 12.6 Å². The first-order chi connectivity index (χ1) is 10.3. The third-order valence-corrected chi connectivity index (χ3v) is 4.16. The average Bonchev–Trinajstić information content (AvgIpc) is 2.49. The molecule has 2 aromatic carbocycles. The second-order valence-corrected chi connectivity index (χ2v) is 5.85. The largest absolute Gasteiger partial charge is 0.494 e. The van der Waals surface area contributed by atoms with Gasteiger partial charge in [-0.3, -0.25) is 0 Å². The molecule has 2 heteroatoms. The van der Waals surface area contributed by atoms with E-state index in [0.717, 1.165) is 18.8 Å². The summed E-state index contributed by atoms with van der Waals surface area (Å²) in [5.41, 5.74) is 4.13. The number of rotatable bonds is 4. The molecule has 0 aromatic heterocycles. The van der Waals surface area contributed by atoms with Gasteiger partial charge >= 0.3 is 0 Å². The van der Waals surface area contributed by atoms with Gasteiger partial charge < -0.3 is 10.1 Å². The SMILES string of the molecule is CCOc1ccc(CC2CC(C)Nc3ccccc32)cc1. The molecular weight excluding hydrogens is 258 g/mol.